The lowest BCUT2D eigenvalue weighted by Crippen LogP contribution is -2.22. The maximum Gasteiger partial charge on any atom is 0.235 e. The first-order valence-corrected chi connectivity index (χ1v) is 12.8. The molecule has 1 saturated carbocycles. The molecule has 1 fully saturated rings. The van der Waals surface area contributed by atoms with Gasteiger partial charge < -0.3 is 9.88 Å². The number of hydrogen-bond acceptors (Lipinski definition) is 5. The number of nitrogens with zero attached hydrogens (tertiary/aromatic N) is 5. The number of anilines is 1. The van der Waals surface area contributed by atoms with Gasteiger partial charge in [-0.15, -0.1) is 16.8 Å². The van der Waals surface area contributed by atoms with Gasteiger partial charge >= 0.3 is 0 Å². The average molecular weight is 493 g/mol. The van der Waals surface area contributed by atoms with Crippen LogP contribution in [0.15, 0.2) is 42.1 Å². The quantitative estimate of drug-likeness (QED) is 0.317. The number of thioether (sulfide) groups is 1. The molecule has 0 saturated heterocycles. The molecule has 1 aliphatic carbocycles. The molecule has 4 rings (SSSR count). The number of hydrogen-bond donors (Lipinski definition) is 1. The number of amides is 1. The largest absolute Gasteiger partial charge is 0.327 e. The van der Waals surface area contributed by atoms with E-state index in [1.807, 2.05) is 13.8 Å². The Balaban J connectivity index is 1.55. The second-order valence-electron chi connectivity index (χ2n) is 8.73. The fourth-order valence-electron chi connectivity index (χ4n) is 4.71. The molecule has 7 nitrogen and oxygen atoms in total. The van der Waals surface area contributed by atoms with Gasteiger partial charge in [0.2, 0.25) is 5.91 Å². The number of benzene rings is 1. The highest BCUT2D eigenvalue weighted by Gasteiger charge is 2.26. The smallest absolute Gasteiger partial charge is 0.235 e. The van der Waals surface area contributed by atoms with Gasteiger partial charge in [0.05, 0.1) is 16.9 Å². The van der Waals surface area contributed by atoms with Gasteiger partial charge in [-0.2, -0.15) is 5.26 Å². The summed E-state index contributed by atoms with van der Waals surface area (Å²) in [5.74, 6) is 0.417. The second-order valence-corrected chi connectivity index (χ2v) is 9.67. The maximum absolute atomic E-state index is 14.4. The summed E-state index contributed by atoms with van der Waals surface area (Å²) in [6.07, 6.45) is 7.28. The lowest BCUT2D eigenvalue weighted by Gasteiger charge is -2.27. The Morgan fingerprint density at radius 2 is 2.03 bits per heavy atom. The summed E-state index contributed by atoms with van der Waals surface area (Å²) >= 11 is 1.22. The molecule has 9 heteroatoms. The van der Waals surface area contributed by atoms with Crippen molar-refractivity contribution in [2.45, 2.75) is 63.7 Å². The molecule has 0 spiro atoms. The standard InChI is InChI=1S/C26H29FN6OS/c1-4-14-32-25(20-12-8-9-13-22(20)27)30-31-26(32)35-16-23(34)29-24-21(15-28)17(2)18(3)33(24)19-10-6-5-7-11-19/h4,8-9,12-13,19H,1,5-7,10-11,14,16H2,2-3H3,(H,29,34). The van der Waals surface area contributed by atoms with E-state index >= 15 is 0 Å². The molecule has 0 atom stereocenters. The van der Waals surface area contributed by atoms with Crippen LogP contribution in [0.2, 0.25) is 0 Å². The van der Waals surface area contributed by atoms with Gasteiger partial charge in [0, 0.05) is 18.3 Å². The first-order valence-electron chi connectivity index (χ1n) is 11.8. The zero-order chi connectivity index (χ0) is 24.9. The minimum absolute atomic E-state index is 0.0748. The molecule has 3 aromatic rings. The van der Waals surface area contributed by atoms with Gasteiger partial charge in [-0.05, 0) is 44.4 Å². The molecule has 0 radical (unpaired) electrons. The van der Waals surface area contributed by atoms with E-state index in [0.29, 0.717) is 34.5 Å². The van der Waals surface area contributed by atoms with Crippen LogP contribution in [0, 0.1) is 31.0 Å². The van der Waals surface area contributed by atoms with Crippen molar-refractivity contribution in [2.24, 2.45) is 0 Å². The summed E-state index contributed by atoms with van der Waals surface area (Å²) in [6, 6.07) is 8.95. The minimum Gasteiger partial charge on any atom is -0.327 e. The van der Waals surface area contributed by atoms with Crippen LogP contribution in [0.5, 0.6) is 0 Å². The number of nitrogens with one attached hydrogen (secondary N) is 1. The van der Waals surface area contributed by atoms with E-state index in [1.165, 1.54) is 24.2 Å². The van der Waals surface area contributed by atoms with Crippen molar-refractivity contribution in [3.8, 4) is 17.5 Å². The molecule has 1 aliphatic rings. The summed E-state index contributed by atoms with van der Waals surface area (Å²) in [5, 5.41) is 21.7. The zero-order valence-corrected chi connectivity index (χ0v) is 20.9. The minimum atomic E-state index is -0.391. The summed E-state index contributed by atoms with van der Waals surface area (Å²) in [5.41, 5.74) is 2.79. The number of rotatable bonds is 8. The summed E-state index contributed by atoms with van der Waals surface area (Å²) < 4.78 is 18.2. The Morgan fingerprint density at radius 3 is 2.71 bits per heavy atom. The van der Waals surface area contributed by atoms with Crippen LogP contribution in [0.4, 0.5) is 10.2 Å². The Hall–Kier alpha value is -3.38. The Labute approximate surface area is 209 Å². The molecular formula is C26H29FN6OS. The molecule has 182 valence electrons. The van der Waals surface area contributed by atoms with Crippen molar-refractivity contribution >= 4 is 23.5 Å². The van der Waals surface area contributed by atoms with Crippen LogP contribution in [-0.4, -0.2) is 31.0 Å². The molecule has 1 N–H and O–H groups in total. The number of nitriles is 1. The van der Waals surface area contributed by atoms with Crippen molar-refractivity contribution in [3.63, 3.8) is 0 Å². The summed E-state index contributed by atoms with van der Waals surface area (Å²) in [7, 11) is 0. The van der Waals surface area contributed by atoms with Crippen LogP contribution in [0.25, 0.3) is 11.4 Å². The van der Waals surface area contributed by atoms with Crippen molar-refractivity contribution in [1.29, 1.82) is 5.26 Å². The number of carbonyl (C=O) groups is 1. The zero-order valence-electron chi connectivity index (χ0n) is 20.1. The van der Waals surface area contributed by atoms with E-state index in [1.54, 1.807) is 28.8 Å². The van der Waals surface area contributed by atoms with E-state index in [0.717, 1.165) is 36.9 Å². The topological polar surface area (TPSA) is 88.5 Å². The number of allylic oxidation sites excluding steroid dienone is 1. The van der Waals surface area contributed by atoms with E-state index in [-0.39, 0.29) is 17.7 Å². The molecule has 0 aliphatic heterocycles. The van der Waals surface area contributed by atoms with Gasteiger partial charge in [-0.3, -0.25) is 9.36 Å². The van der Waals surface area contributed by atoms with Crippen molar-refractivity contribution in [1.82, 2.24) is 19.3 Å². The number of aromatic nitrogens is 4. The van der Waals surface area contributed by atoms with Crippen molar-refractivity contribution in [3.05, 3.63) is 59.6 Å². The van der Waals surface area contributed by atoms with E-state index in [2.05, 4.69) is 32.7 Å². The summed E-state index contributed by atoms with van der Waals surface area (Å²) in [4.78, 5) is 13.0. The molecule has 0 unspecified atom stereocenters. The molecule has 0 bridgehead atoms. The van der Waals surface area contributed by atoms with Gasteiger partial charge in [-0.25, -0.2) is 4.39 Å². The molecule has 35 heavy (non-hydrogen) atoms. The Kier molecular flexibility index (Phi) is 7.71. The molecule has 2 aromatic heterocycles. The monoisotopic (exact) mass is 492 g/mol. The lowest BCUT2D eigenvalue weighted by atomic mass is 9.95. The lowest BCUT2D eigenvalue weighted by molar-refractivity contribution is -0.113. The van der Waals surface area contributed by atoms with Gasteiger partial charge in [0.15, 0.2) is 11.0 Å². The third-order valence-corrected chi connectivity index (χ3v) is 7.51. The first kappa shape index (κ1) is 24.7. The normalized spacial score (nSPS) is 14.0. The van der Waals surface area contributed by atoms with E-state index in [4.69, 9.17) is 0 Å². The van der Waals surface area contributed by atoms with Crippen LogP contribution < -0.4 is 5.32 Å². The molecule has 1 aromatic carbocycles. The SMILES string of the molecule is C=CCn1c(SCC(=O)Nc2c(C#N)c(C)c(C)n2C2CCCCC2)nnc1-c1ccccc1F. The fourth-order valence-corrected chi connectivity index (χ4v) is 5.46. The highest BCUT2D eigenvalue weighted by molar-refractivity contribution is 7.99. The molecular weight excluding hydrogens is 463 g/mol. The van der Waals surface area contributed by atoms with Crippen molar-refractivity contribution < 1.29 is 9.18 Å². The predicted molar refractivity (Wildman–Crippen MR) is 136 cm³/mol. The molecule has 2 heterocycles. The Bertz CT molecular complexity index is 1280. The van der Waals surface area contributed by atoms with E-state index < -0.39 is 5.82 Å². The van der Waals surface area contributed by atoms with Crippen LogP contribution in [-0.2, 0) is 11.3 Å². The van der Waals surface area contributed by atoms with Gasteiger partial charge in [0.1, 0.15) is 17.7 Å². The first-order chi connectivity index (χ1) is 17.0. The van der Waals surface area contributed by atoms with Crippen LogP contribution in [0.3, 0.4) is 0 Å². The van der Waals surface area contributed by atoms with Crippen LogP contribution in [0.1, 0.15) is 55.0 Å². The summed E-state index contributed by atoms with van der Waals surface area (Å²) in [6.45, 7) is 8.09. The predicted octanol–water partition coefficient (Wildman–Crippen LogP) is 5.80. The number of carbonyl (C=O) groups excluding carboxylic acids is 1. The highest BCUT2D eigenvalue weighted by atomic mass is 32.2. The third-order valence-electron chi connectivity index (χ3n) is 6.54. The number of halogens is 1. The average Bonchev–Trinajstić information content (AvgIpc) is 3.36. The van der Waals surface area contributed by atoms with Gasteiger partial charge in [-0.1, -0.05) is 49.2 Å². The highest BCUT2D eigenvalue weighted by Crippen LogP contribution is 2.37. The van der Waals surface area contributed by atoms with Crippen molar-refractivity contribution in [2.75, 3.05) is 11.1 Å². The Morgan fingerprint density at radius 1 is 1.29 bits per heavy atom. The second kappa shape index (κ2) is 10.9. The van der Waals surface area contributed by atoms with Crippen LogP contribution >= 0.6 is 11.8 Å². The molecule has 1 amide bonds. The fraction of sp³-hybridized carbons (Fsp3) is 0.385. The van der Waals surface area contributed by atoms with E-state index in [9.17, 15) is 14.4 Å². The van der Waals surface area contributed by atoms with Gasteiger partial charge in [0.25, 0.3) is 0 Å². The maximum atomic E-state index is 14.4. The third kappa shape index (κ3) is 5.03.